The molecular weight excluding hydrogens is 188 g/mol. The third kappa shape index (κ3) is 1.78. The molecule has 2 rings (SSSR count). The van der Waals surface area contributed by atoms with E-state index in [9.17, 15) is 0 Å². The second kappa shape index (κ2) is 3.60. The molecule has 0 fully saturated rings. The molecule has 4 heteroatoms. The zero-order valence-corrected chi connectivity index (χ0v) is 7.81. The zero-order valence-electron chi connectivity index (χ0n) is 6.18. The van der Waals surface area contributed by atoms with Crippen molar-refractivity contribution in [2.45, 2.75) is 0 Å². The van der Waals surface area contributed by atoms with Crippen molar-refractivity contribution in [3.63, 3.8) is 0 Å². The summed E-state index contributed by atoms with van der Waals surface area (Å²) in [4.78, 5) is 9.40. The maximum Gasteiger partial charge on any atom is 0.209 e. The maximum absolute atomic E-state index is 4.20. The summed E-state index contributed by atoms with van der Waals surface area (Å²) in [5, 5.41) is 4.76. The number of nitrogens with zero attached hydrogens (tertiary/aromatic N) is 2. The van der Waals surface area contributed by atoms with E-state index in [1.807, 2.05) is 29.1 Å². The van der Waals surface area contributed by atoms with Crippen LogP contribution in [0.15, 0.2) is 34.1 Å². The van der Waals surface area contributed by atoms with Crippen LogP contribution in [0.4, 0.5) is 5.13 Å². The lowest BCUT2D eigenvalue weighted by Crippen LogP contribution is -1.69. The van der Waals surface area contributed by atoms with Crippen molar-refractivity contribution in [3.05, 3.63) is 34.0 Å². The molecule has 0 atom stereocenters. The fourth-order valence-corrected chi connectivity index (χ4v) is 1.83. The van der Waals surface area contributed by atoms with E-state index in [1.165, 1.54) is 0 Å². The van der Waals surface area contributed by atoms with Crippen molar-refractivity contribution in [1.29, 1.82) is 0 Å². The third-order valence-electron chi connectivity index (χ3n) is 1.26. The molecule has 0 saturated heterocycles. The molecule has 12 heavy (non-hydrogen) atoms. The van der Waals surface area contributed by atoms with E-state index >= 15 is 0 Å². The van der Waals surface area contributed by atoms with Crippen molar-refractivity contribution in [2.24, 2.45) is 4.99 Å². The molecule has 0 unspecified atom stereocenters. The normalized spacial score (nSPS) is 11.0. The van der Waals surface area contributed by atoms with E-state index in [0.717, 1.165) is 10.0 Å². The van der Waals surface area contributed by atoms with Gasteiger partial charge in [-0.15, -0.1) is 22.7 Å². The highest BCUT2D eigenvalue weighted by Gasteiger charge is 1.89. The first-order valence-electron chi connectivity index (χ1n) is 3.42. The Morgan fingerprint density at radius 1 is 1.33 bits per heavy atom. The van der Waals surface area contributed by atoms with Crippen LogP contribution >= 0.6 is 22.7 Å². The minimum atomic E-state index is 0.809. The summed E-state index contributed by atoms with van der Waals surface area (Å²) in [6, 6.07) is 4.04. The number of thiazole rings is 1. The molecule has 0 aliphatic carbocycles. The van der Waals surface area contributed by atoms with Crippen LogP contribution in [0.3, 0.4) is 0 Å². The molecule has 0 bridgehead atoms. The van der Waals surface area contributed by atoms with Crippen LogP contribution in [-0.4, -0.2) is 11.2 Å². The molecule has 2 nitrogen and oxygen atoms in total. The number of aliphatic imine (C=N–C) groups is 1. The molecule has 0 aliphatic heterocycles. The lowest BCUT2D eigenvalue weighted by atomic mass is 10.5. The quantitative estimate of drug-likeness (QED) is 0.675. The van der Waals surface area contributed by atoms with Gasteiger partial charge in [-0.05, 0) is 11.4 Å². The summed E-state index contributed by atoms with van der Waals surface area (Å²) in [7, 11) is 0. The maximum atomic E-state index is 4.20. The molecule has 60 valence electrons. The molecule has 2 heterocycles. The molecule has 0 spiro atoms. The lowest BCUT2D eigenvalue weighted by Gasteiger charge is -1.81. The molecule has 0 aliphatic rings. The molecule has 0 aromatic carbocycles. The van der Waals surface area contributed by atoms with Crippen LogP contribution in [-0.2, 0) is 0 Å². The number of thiophene rings is 1. The van der Waals surface area contributed by atoms with Crippen molar-refractivity contribution < 1.29 is 0 Å². The number of hydrogen-bond donors (Lipinski definition) is 0. The van der Waals surface area contributed by atoms with Gasteiger partial charge in [-0.3, -0.25) is 0 Å². The first-order chi connectivity index (χ1) is 5.95. The second-order valence-corrected chi connectivity index (χ2v) is 3.94. The van der Waals surface area contributed by atoms with Gasteiger partial charge in [0.2, 0.25) is 5.13 Å². The third-order valence-corrected chi connectivity index (χ3v) is 2.75. The number of hydrogen-bond acceptors (Lipinski definition) is 4. The fraction of sp³-hybridized carbons (Fsp3) is 0. The fourth-order valence-electron chi connectivity index (χ4n) is 0.763. The van der Waals surface area contributed by atoms with Crippen molar-refractivity contribution in [3.8, 4) is 0 Å². The average Bonchev–Trinajstić information content (AvgIpc) is 2.74. The molecule has 2 aromatic rings. The topological polar surface area (TPSA) is 25.2 Å². The van der Waals surface area contributed by atoms with Gasteiger partial charge in [0.05, 0.1) is 0 Å². The molecule has 0 radical (unpaired) electrons. The van der Waals surface area contributed by atoms with Gasteiger partial charge in [-0.1, -0.05) is 6.07 Å². The van der Waals surface area contributed by atoms with Gasteiger partial charge >= 0.3 is 0 Å². The van der Waals surface area contributed by atoms with Gasteiger partial charge in [0.1, 0.15) is 0 Å². The summed E-state index contributed by atoms with van der Waals surface area (Å²) in [6.07, 6.45) is 3.59. The van der Waals surface area contributed by atoms with Gasteiger partial charge < -0.3 is 0 Å². The van der Waals surface area contributed by atoms with E-state index < -0.39 is 0 Å². The van der Waals surface area contributed by atoms with Crippen LogP contribution in [0.25, 0.3) is 0 Å². The summed E-state index contributed by atoms with van der Waals surface area (Å²) in [6.45, 7) is 0. The highest BCUT2D eigenvalue weighted by molar-refractivity contribution is 7.13. The van der Waals surface area contributed by atoms with Crippen molar-refractivity contribution in [2.75, 3.05) is 0 Å². The van der Waals surface area contributed by atoms with Crippen molar-refractivity contribution >= 4 is 34.0 Å². The molecule has 0 N–H and O–H groups in total. The standard InChI is InChI=1S/C8H6N2S2/c1-2-7(11-4-1)6-10-8-9-3-5-12-8/h1-6H/b10-6+. The Bertz CT molecular complexity index is 312. The van der Waals surface area contributed by atoms with Gasteiger partial charge in [0, 0.05) is 22.7 Å². The highest BCUT2D eigenvalue weighted by Crippen LogP contribution is 2.15. The average molecular weight is 194 g/mol. The largest absolute Gasteiger partial charge is 0.227 e. The number of rotatable bonds is 2. The Morgan fingerprint density at radius 3 is 3.00 bits per heavy atom. The summed E-state index contributed by atoms with van der Waals surface area (Å²) >= 11 is 3.21. The Kier molecular flexibility index (Phi) is 2.29. The summed E-state index contributed by atoms with van der Waals surface area (Å²) in [5.74, 6) is 0. The number of aromatic nitrogens is 1. The monoisotopic (exact) mass is 194 g/mol. The predicted octanol–water partition coefficient (Wildman–Crippen LogP) is 2.96. The van der Waals surface area contributed by atoms with Gasteiger partial charge in [0.15, 0.2) is 0 Å². The SMILES string of the molecule is C(=N\c1nccs1)/c1cccs1. The second-order valence-electron chi connectivity index (χ2n) is 2.09. The Labute approximate surface area is 78.2 Å². The first-order valence-corrected chi connectivity index (χ1v) is 5.18. The van der Waals surface area contributed by atoms with Gasteiger partial charge in [-0.25, -0.2) is 9.98 Å². The van der Waals surface area contributed by atoms with E-state index in [2.05, 4.69) is 9.98 Å². The van der Waals surface area contributed by atoms with Crippen LogP contribution in [0.1, 0.15) is 4.88 Å². The van der Waals surface area contributed by atoms with Crippen LogP contribution < -0.4 is 0 Å². The minimum absolute atomic E-state index is 0.809. The first kappa shape index (κ1) is 7.64. The molecule has 0 amide bonds. The Morgan fingerprint density at radius 2 is 2.33 bits per heavy atom. The molecular formula is C8H6N2S2. The van der Waals surface area contributed by atoms with Gasteiger partial charge in [-0.2, -0.15) is 0 Å². The smallest absolute Gasteiger partial charge is 0.209 e. The van der Waals surface area contributed by atoms with Crippen LogP contribution in [0, 0.1) is 0 Å². The van der Waals surface area contributed by atoms with E-state index in [-0.39, 0.29) is 0 Å². The Hall–Kier alpha value is -1.00. The Balaban J connectivity index is 2.14. The predicted molar refractivity (Wildman–Crippen MR) is 53.7 cm³/mol. The lowest BCUT2D eigenvalue weighted by molar-refractivity contribution is 1.37. The summed E-state index contributed by atoms with van der Waals surface area (Å²) in [5.41, 5.74) is 0. The molecule has 0 saturated carbocycles. The van der Waals surface area contributed by atoms with E-state index in [1.54, 1.807) is 28.9 Å². The van der Waals surface area contributed by atoms with E-state index in [4.69, 9.17) is 0 Å². The van der Waals surface area contributed by atoms with Crippen LogP contribution in [0.5, 0.6) is 0 Å². The highest BCUT2D eigenvalue weighted by atomic mass is 32.1. The minimum Gasteiger partial charge on any atom is -0.227 e. The zero-order chi connectivity index (χ0) is 8.23. The van der Waals surface area contributed by atoms with Crippen molar-refractivity contribution in [1.82, 2.24) is 4.98 Å². The van der Waals surface area contributed by atoms with E-state index in [0.29, 0.717) is 0 Å². The van der Waals surface area contributed by atoms with Gasteiger partial charge in [0.25, 0.3) is 0 Å². The molecule has 2 aromatic heterocycles. The summed E-state index contributed by atoms with van der Waals surface area (Å²) < 4.78 is 0. The van der Waals surface area contributed by atoms with Crippen LogP contribution in [0.2, 0.25) is 0 Å².